The highest BCUT2D eigenvalue weighted by Crippen LogP contribution is 2.28. The van der Waals surface area contributed by atoms with E-state index in [1.807, 2.05) is 47.4 Å². The lowest BCUT2D eigenvalue weighted by Crippen LogP contribution is -2.43. The Balaban J connectivity index is 1.52. The molecule has 122 valence electrons. The van der Waals surface area contributed by atoms with Crippen LogP contribution < -0.4 is 4.74 Å². The SMILES string of the molecule is O=C(C1=Cc2ccccc2OC1)N1CCOC(c2ccncc2)C1. The van der Waals surface area contributed by atoms with Gasteiger partial charge in [0.15, 0.2) is 0 Å². The lowest BCUT2D eigenvalue weighted by Gasteiger charge is -2.34. The summed E-state index contributed by atoms with van der Waals surface area (Å²) in [4.78, 5) is 18.7. The van der Waals surface area contributed by atoms with Crippen LogP contribution in [0.4, 0.5) is 0 Å². The van der Waals surface area contributed by atoms with Crippen LogP contribution in [0.25, 0.3) is 6.08 Å². The van der Waals surface area contributed by atoms with Gasteiger partial charge in [-0.1, -0.05) is 18.2 Å². The molecule has 1 amide bonds. The van der Waals surface area contributed by atoms with Crippen molar-refractivity contribution in [1.29, 1.82) is 0 Å². The van der Waals surface area contributed by atoms with E-state index >= 15 is 0 Å². The lowest BCUT2D eigenvalue weighted by molar-refractivity contribution is -0.135. The topological polar surface area (TPSA) is 51.7 Å². The quantitative estimate of drug-likeness (QED) is 0.852. The van der Waals surface area contributed by atoms with Gasteiger partial charge in [-0.05, 0) is 29.8 Å². The zero-order valence-corrected chi connectivity index (χ0v) is 13.2. The number of fused-ring (bicyclic) bond motifs is 1. The molecule has 1 fully saturated rings. The second-order valence-corrected chi connectivity index (χ2v) is 5.89. The van der Waals surface area contributed by atoms with Crippen molar-refractivity contribution >= 4 is 12.0 Å². The van der Waals surface area contributed by atoms with Gasteiger partial charge in [-0.3, -0.25) is 9.78 Å². The summed E-state index contributed by atoms with van der Waals surface area (Å²) in [5.74, 6) is 0.845. The standard InChI is InChI=1S/C19H18N2O3/c22-19(16-11-15-3-1-2-4-17(15)24-13-16)21-9-10-23-18(12-21)14-5-7-20-8-6-14/h1-8,11,18H,9-10,12-13H2. The molecule has 1 saturated heterocycles. The third-order valence-corrected chi connectivity index (χ3v) is 4.34. The number of rotatable bonds is 2. The number of aromatic nitrogens is 1. The molecule has 0 aliphatic carbocycles. The average molecular weight is 322 g/mol. The molecule has 1 unspecified atom stereocenters. The molecule has 1 aromatic carbocycles. The van der Waals surface area contributed by atoms with Gasteiger partial charge in [0.25, 0.3) is 5.91 Å². The van der Waals surface area contributed by atoms with E-state index in [0.717, 1.165) is 16.9 Å². The summed E-state index contributed by atoms with van der Waals surface area (Å²) < 4.78 is 11.5. The maximum absolute atomic E-state index is 12.8. The highest BCUT2D eigenvalue weighted by Gasteiger charge is 2.28. The highest BCUT2D eigenvalue weighted by molar-refractivity contribution is 5.99. The lowest BCUT2D eigenvalue weighted by atomic mass is 10.1. The zero-order valence-electron chi connectivity index (χ0n) is 13.2. The van der Waals surface area contributed by atoms with Crippen LogP contribution in [-0.2, 0) is 9.53 Å². The molecule has 0 bridgehead atoms. The molecule has 2 aromatic rings. The van der Waals surface area contributed by atoms with Gasteiger partial charge in [0.2, 0.25) is 0 Å². The molecule has 1 aromatic heterocycles. The van der Waals surface area contributed by atoms with Gasteiger partial charge in [-0.15, -0.1) is 0 Å². The molecule has 3 heterocycles. The number of pyridine rings is 1. The Morgan fingerprint density at radius 3 is 2.88 bits per heavy atom. The van der Waals surface area contributed by atoms with Gasteiger partial charge in [-0.25, -0.2) is 0 Å². The number of nitrogens with zero attached hydrogens (tertiary/aromatic N) is 2. The van der Waals surface area contributed by atoms with E-state index < -0.39 is 0 Å². The number of hydrogen-bond acceptors (Lipinski definition) is 4. The van der Waals surface area contributed by atoms with Gasteiger partial charge in [0.05, 0.1) is 18.7 Å². The zero-order chi connectivity index (χ0) is 16.4. The molecule has 2 aliphatic heterocycles. The Bertz CT molecular complexity index is 773. The number of hydrogen-bond donors (Lipinski definition) is 0. The van der Waals surface area contributed by atoms with Crippen LogP contribution in [0.3, 0.4) is 0 Å². The first-order valence-corrected chi connectivity index (χ1v) is 8.04. The molecule has 4 rings (SSSR count). The first kappa shape index (κ1) is 14.9. The monoisotopic (exact) mass is 322 g/mol. The molecule has 0 saturated carbocycles. The van der Waals surface area contributed by atoms with Gasteiger partial charge >= 0.3 is 0 Å². The first-order chi connectivity index (χ1) is 11.8. The van der Waals surface area contributed by atoms with Crippen molar-refractivity contribution in [3.63, 3.8) is 0 Å². The highest BCUT2D eigenvalue weighted by atomic mass is 16.5. The summed E-state index contributed by atoms with van der Waals surface area (Å²) in [6.45, 7) is 1.98. The molecular formula is C19H18N2O3. The van der Waals surface area contributed by atoms with E-state index in [1.165, 1.54) is 0 Å². The number of morpholine rings is 1. The van der Waals surface area contributed by atoms with Crippen LogP contribution in [0.2, 0.25) is 0 Å². The second-order valence-electron chi connectivity index (χ2n) is 5.89. The van der Waals surface area contributed by atoms with Crippen molar-refractivity contribution in [2.45, 2.75) is 6.10 Å². The number of benzene rings is 1. The molecular weight excluding hydrogens is 304 g/mol. The Morgan fingerprint density at radius 2 is 2.00 bits per heavy atom. The second kappa shape index (κ2) is 6.45. The summed E-state index contributed by atoms with van der Waals surface area (Å²) in [6.07, 6.45) is 5.31. The van der Waals surface area contributed by atoms with Crippen molar-refractivity contribution in [3.05, 3.63) is 65.5 Å². The normalized spacial score (nSPS) is 19.9. The Morgan fingerprint density at radius 1 is 1.17 bits per heavy atom. The predicted molar refractivity (Wildman–Crippen MR) is 89.4 cm³/mol. The molecule has 0 N–H and O–H groups in total. The third kappa shape index (κ3) is 2.90. The molecule has 0 spiro atoms. The van der Waals surface area contributed by atoms with Crippen LogP contribution in [0.5, 0.6) is 5.75 Å². The number of carbonyl (C=O) groups is 1. The number of ether oxygens (including phenoxy) is 2. The fourth-order valence-corrected chi connectivity index (χ4v) is 3.06. The van der Waals surface area contributed by atoms with Gasteiger partial charge in [-0.2, -0.15) is 0 Å². The third-order valence-electron chi connectivity index (χ3n) is 4.34. The van der Waals surface area contributed by atoms with E-state index in [4.69, 9.17) is 9.47 Å². The van der Waals surface area contributed by atoms with E-state index in [-0.39, 0.29) is 12.0 Å². The minimum absolute atomic E-state index is 0.0202. The van der Waals surface area contributed by atoms with Crippen LogP contribution >= 0.6 is 0 Å². The van der Waals surface area contributed by atoms with Crippen molar-refractivity contribution in [2.75, 3.05) is 26.3 Å². The van der Waals surface area contributed by atoms with E-state index in [9.17, 15) is 4.79 Å². The van der Waals surface area contributed by atoms with Crippen molar-refractivity contribution in [2.24, 2.45) is 0 Å². The number of carbonyl (C=O) groups excluding carboxylic acids is 1. The maximum Gasteiger partial charge on any atom is 0.253 e. The van der Waals surface area contributed by atoms with Crippen molar-refractivity contribution in [3.8, 4) is 5.75 Å². The van der Waals surface area contributed by atoms with Crippen LogP contribution in [0, 0.1) is 0 Å². The Labute approximate surface area is 140 Å². The summed E-state index contributed by atoms with van der Waals surface area (Å²) in [6, 6.07) is 11.6. The molecule has 2 aliphatic rings. The summed E-state index contributed by atoms with van der Waals surface area (Å²) in [5, 5.41) is 0. The average Bonchev–Trinajstić information content (AvgIpc) is 2.68. The van der Waals surface area contributed by atoms with E-state index in [1.54, 1.807) is 12.4 Å². The van der Waals surface area contributed by atoms with E-state index in [2.05, 4.69) is 4.98 Å². The maximum atomic E-state index is 12.8. The fraction of sp³-hybridized carbons (Fsp3) is 0.263. The van der Waals surface area contributed by atoms with Gasteiger partial charge < -0.3 is 14.4 Å². The van der Waals surface area contributed by atoms with Gasteiger partial charge in [0, 0.05) is 24.5 Å². The predicted octanol–water partition coefficient (Wildman–Crippen LogP) is 2.46. The minimum Gasteiger partial charge on any atom is -0.488 e. The van der Waals surface area contributed by atoms with Gasteiger partial charge in [0.1, 0.15) is 18.5 Å². The summed E-state index contributed by atoms with van der Waals surface area (Å²) in [7, 11) is 0. The van der Waals surface area contributed by atoms with Crippen molar-refractivity contribution < 1.29 is 14.3 Å². The largest absolute Gasteiger partial charge is 0.488 e. The smallest absolute Gasteiger partial charge is 0.253 e. The summed E-state index contributed by atoms with van der Waals surface area (Å²) >= 11 is 0. The molecule has 5 heteroatoms. The minimum atomic E-state index is -0.108. The van der Waals surface area contributed by atoms with Crippen molar-refractivity contribution in [1.82, 2.24) is 9.88 Å². The van der Waals surface area contributed by atoms with Crippen LogP contribution in [-0.4, -0.2) is 42.1 Å². The molecule has 1 atom stereocenters. The Kier molecular flexibility index (Phi) is 4.01. The number of para-hydroxylation sites is 1. The molecule has 5 nitrogen and oxygen atoms in total. The van der Waals surface area contributed by atoms with E-state index in [0.29, 0.717) is 31.9 Å². The van der Waals surface area contributed by atoms with Crippen LogP contribution in [0.15, 0.2) is 54.4 Å². The Hall–Kier alpha value is -2.66. The van der Waals surface area contributed by atoms with Crippen LogP contribution in [0.1, 0.15) is 17.2 Å². The molecule has 24 heavy (non-hydrogen) atoms. The fourth-order valence-electron chi connectivity index (χ4n) is 3.06. The summed E-state index contributed by atoms with van der Waals surface area (Å²) in [5.41, 5.74) is 2.68. The number of amides is 1. The molecule has 0 radical (unpaired) electrons. The first-order valence-electron chi connectivity index (χ1n) is 8.04.